The summed E-state index contributed by atoms with van der Waals surface area (Å²) in [6.07, 6.45) is 45.6. The van der Waals surface area contributed by atoms with Gasteiger partial charge in [0.1, 0.15) is 0 Å². The molecule has 0 bridgehead atoms. The lowest BCUT2D eigenvalue weighted by molar-refractivity contribution is 0.366. The minimum absolute atomic E-state index is 0.956. The monoisotopic (exact) mass is 521 g/mol. The van der Waals surface area contributed by atoms with E-state index >= 15 is 0 Å². The third-order valence-electron chi connectivity index (χ3n) is 9.15. The average Bonchev–Trinajstić information content (AvgIpc) is 2.90. The Morgan fingerprint density at radius 2 is 0.568 bits per heavy atom. The lowest BCUT2D eigenvalue weighted by Gasteiger charge is -2.17. The van der Waals surface area contributed by atoms with Crippen LogP contribution in [0.25, 0.3) is 0 Å². The predicted octanol–water partition coefficient (Wildman–Crippen LogP) is 14.4. The summed E-state index contributed by atoms with van der Waals surface area (Å²) in [5.74, 6) is 1.96. The van der Waals surface area contributed by atoms with Crippen LogP contribution in [-0.4, -0.2) is 0 Å². The number of rotatable bonds is 32. The van der Waals surface area contributed by atoms with E-state index in [1.54, 1.807) is 0 Å². The molecule has 0 N–H and O–H groups in total. The van der Waals surface area contributed by atoms with Crippen LogP contribution in [0.3, 0.4) is 0 Å². The SMILES string of the molecule is CCCCCCCCCCCCCCCC(CC)CCCC(C)CCCCCCCCCCCCCC. The highest BCUT2D eigenvalue weighted by Gasteiger charge is 2.08. The second kappa shape index (κ2) is 32.2. The van der Waals surface area contributed by atoms with E-state index in [1.807, 2.05) is 0 Å². The largest absolute Gasteiger partial charge is 0.0654 e. The molecule has 0 rings (SSSR count). The second-order valence-corrected chi connectivity index (χ2v) is 13.0. The van der Waals surface area contributed by atoms with Gasteiger partial charge >= 0.3 is 0 Å². The van der Waals surface area contributed by atoms with Gasteiger partial charge in [-0.05, 0) is 11.8 Å². The maximum absolute atomic E-state index is 2.52. The molecule has 2 atom stereocenters. The van der Waals surface area contributed by atoms with Crippen LogP contribution in [0.4, 0.5) is 0 Å². The Morgan fingerprint density at radius 1 is 0.297 bits per heavy atom. The first-order valence-electron chi connectivity index (χ1n) is 18.2. The molecule has 0 aliphatic rings. The Kier molecular flexibility index (Phi) is 32.2. The molecule has 0 aliphatic heterocycles. The topological polar surface area (TPSA) is 0 Å². The summed E-state index contributed by atoms with van der Waals surface area (Å²) in [7, 11) is 0. The molecule has 0 heterocycles. The summed E-state index contributed by atoms with van der Waals surface area (Å²) in [6.45, 7) is 9.57. The van der Waals surface area contributed by atoms with Gasteiger partial charge in [-0.25, -0.2) is 0 Å². The first-order valence-corrected chi connectivity index (χ1v) is 18.2. The molecule has 37 heavy (non-hydrogen) atoms. The summed E-state index contributed by atoms with van der Waals surface area (Å²) >= 11 is 0. The van der Waals surface area contributed by atoms with E-state index in [9.17, 15) is 0 Å². The van der Waals surface area contributed by atoms with Gasteiger partial charge in [0, 0.05) is 0 Å². The van der Waals surface area contributed by atoms with Gasteiger partial charge in [-0.3, -0.25) is 0 Å². The van der Waals surface area contributed by atoms with Gasteiger partial charge in [0.05, 0.1) is 0 Å². The van der Waals surface area contributed by atoms with Crippen molar-refractivity contribution in [3.05, 3.63) is 0 Å². The second-order valence-electron chi connectivity index (χ2n) is 13.0. The molecule has 224 valence electrons. The van der Waals surface area contributed by atoms with Crippen molar-refractivity contribution in [1.82, 2.24) is 0 Å². The van der Waals surface area contributed by atoms with Crippen molar-refractivity contribution in [2.45, 2.75) is 227 Å². The van der Waals surface area contributed by atoms with Crippen molar-refractivity contribution < 1.29 is 0 Å². The molecular weight excluding hydrogens is 444 g/mol. The van der Waals surface area contributed by atoms with Crippen molar-refractivity contribution in [3.63, 3.8) is 0 Å². The molecule has 2 unspecified atom stereocenters. The lowest BCUT2D eigenvalue weighted by Crippen LogP contribution is -2.02. The van der Waals surface area contributed by atoms with Gasteiger partial charge in [-0.15, -0.1) is 0 Å². The van der Waals surface area contributed by atoms with Crippen molar-refractivity contribution >= 4 is 0 Å². The molecule has 0 nitrogen and oxygen atoms in total. The van der Waals surface area contributed by atoms with Crippen LogP contribution in [0.5, 0.6) is 0 Å². The lowest BCUT2D eigenvalue weighted by atomic mass is 9.90. The fraction of sp³-hybridized carbons (Fsp3) is 1.00. The predicted molar refractivity (Wildman–Crippen MR) is 173 cm³/mol. The fourth-order valence-corrected chi connectivity index (χ4v) is 6.24. The van der Waals surface area contributed by atoms with Gasteiger partial charge in [-0.2, -0.15) is 0 Å². The highest BCUT2D eigenvalue weighted by atomic mass is 14.1. The van der Waals surface area contributed by atoms with E-state index in [1.165, 1.54) is 199 Å². The number of unbranched alkanes of at least 4 members (excludes halogenated alkanes) is 23. The highest BCUT2D eigenvalue weighted by molar-refractivity contribution is 4.62. The molecular formula is C37H76. The summed E-state index contributed by atoms with van der Waals surface area (Å²) in [6, 6.07) is 0. The molecule has 0 aromatic carbocycles. The first kappa shape index (κ1) is 37.0. The van der Waals surface area contributed by atoms with Crippen LogP contribution in [0.2, 0.25) is 0 Å². The normalized spacial score (nSPS) is 13.3. The van der Waals surface area contributed by atoms with E-state index in [2.05, 4.69) is 27.7 Å². The summed E-state index contributed by atoms with van der Waals surface area (Å²) in [4.78, 5) is 0. The third kappa shape index (κ3) is 30.4. The quantitative estimate of drug-likeness (QED) is 0.0773. The van der Waals surface area contributed by atoms with Gasteiger partial charge in [0.15, 0.2) is 0 Å². The van der Waals surface area contributed by atoms with Gasteiger partial charge in [0.2, 0.25) is 0 Å². The maximum Gasteiger partial charge on any atom is -0.0417 e. The molecule has 0 radical (unpaired) electrons. The van der Waals surface area contributed by atoms with E-state index < -0.39 is 0 Å². The highest BCUT2D eigenvalue weighted by Crippen LogP contribution is 2.24. The number of hydrogen-bond acceptors (Lipinski definition) is 0. The Balaban J connectivity index is 3.39. The van der Waals surface area contributed by atoms with E-state index in [4.69, 9.17) is 0 Å². The Morgan fingerprint density at radius 3 is 0.919 bits per heavy atom. The standard InChI is InChI=1S/C37H76/c1-5-8-10-12-14-16-18-20-22-24-26-28-30-34-37(7-3)35-31-33-36(4)32-29-27-25-23-21-19-17-15-13-11-9-6-2/h36-37H,5-35H2,1-4H3. The fourth-order valence-electron chi connectivity index (χ4n) is 6.24. The minimum Gasteiger partial charge on any atom is -0.0654 e. The molecule has 0 aromatic heterocycles. The first-order chi connectivity index (χ1) is 18.2. The van der Waals surface area contributed by atoms with Crippen LogP contribution in [0.15, 0.2) is 0 Å². The van der Waals surface area contributed by atoms with E-state index in [-0.39, 0.29) is 0 Å². The van der Waals surface area contributed by atoms with Crippen molar-refractivity contribution in [1.29, 1.82) is 0 Å². The molecule has 0 aliphatic carbocycles. The zero-order valence-electron chi connectivity index (χ0n) is 27.1. The van der Waals surface area contributed by atoms with Gasteiger partial charge in [-0.1, -0.05) is 227 Å². The van der Waals surface area contributed by atoms with Crippen LogP contribution >= 0.6 is 0 Å². The minimum atomic E-state index is 0.956. The van der Waals surface area contributed by atoms with Gasteiger partial charge < -0.3 is 0 Å². The molecule has 0 spiro atoms. The average molecular weight is 521 g/mol. The third-order valence-corrected chi connectivity index (χ3v) is 9.15. The molecule has 0 heteroatoms. The van der Waals surface area contributed by atoms with E-state index in [0.717, 1.165) is 11.8 Å². The van der Waals surface area contributed by atoms with Crippen LogP contribution in [0.1, 0.15) is 227 Å². The van der Waals surface area contributed by atoms with Crippen molar-refractivity contribution in [2.24, 2.45) is 11.8 Å². The summed E-state index contributed by atoms with van der Waals surface area (Å²) < 4.78 is 0. The molecule has 0 saturated heterocycles. The Bertz CT molecular complexity index is 385. The zero-order valence-corrected chi connectivity index (χ0v) is 27.1. The van der Waals surface area contributed by atoms with Crippen molar-refractivity contribution in [2.75, 3.05) is 0 Å². The Hall–Kier alpha value is 0. The Labute approximate surface area is 238 Å². The molecule has 0 amide bonds. The number of hydrogen-bond donors (Lipinski definition) is 0. The smallest absolute Gasteiger partial charge is 0.0417 e. The molecule has 0 aromatic rings. The van der Waals surface area contributed by atoms with Crippen LogP contribution < -0.4 is 0 Å². The van der Waals surface area contributed by atoms with Crippen LogP contribution in [0, 0.1) is 11.8 Å². The van der Waals surface area contributed by atoms with Crippen molar-refractivity contribution in [3.8, 4) is 0 Å². The molecule has 0 saturated carbocycles. The maximum atomic E-state index is 2.52. The van der Waals surface area contributed by atoms with Gasteiger partial charge in [0.25, 0.3) is 0 Å². The van der Waals surface area contributed by atoms with E-state index in [0.29, 0.717) is 0 Å². The summed E-state index contributed by atoms with van der Waals surface area (Å²) in [5.41, 5.74) is 0. The molecule has 0 fully saturated rings. The van der Waals surface area contributed by atoms with Crippen LogP contribution in [-0.2, 0) is 0 Å². The summed E-state index contributed by atoms with van der Waals surface area (Å²) in [5, 5.41) is 0. The zero-order chi connectivity index (χ0) is 27.1.